The molecule has 0 aliphatic rings. The summed E-state index contributed by atoms with van der Waals surface area (Å²) in [5.74, 6) is 0. The summed E-state index contributed by atoms with van der Waals surface area (Å²) in [6.45, 7) is 11.8. The van der Waals surface area contributed by atoms with Gasteiger partial charge >= 0.3 is 53.5 Å². The minimum atomic E-state index is -1.65. The molecule has 152 valence electrons. The van der Waals surface area contributed by atoms with Gasteiger partial charge in [-0.15, -0.1) is 53.9 Å². The van der Waals surface area contributed by atoms with Gasteiger partial charge in [-0.05, 0) is 0 Å². The monoisotopic (exact) mass is 515 g/mol. The van der Waals surface area contributed by atoms with Crippen LogP contribution in [-0.2, 0) is 18.0 Å². The predicted octanol–water partition coefficient (Wildman–Crippen LogP) is 8.46. The molecule has 0 unspecified atom stereocenters. The molecule has 0 aromatic heterocycles. The Hall–Kier alpha value is -1.31. The Morgan fingerprint density at radius 1 is 0.690 bits per heavy atom. The molecule has 4 heteroatoms. The average molecular weight is 518 g/mol. The Morgan fingerprint density at radius 2 is 1.10 bits per heavy atom. The van der Waals surface area contributed by atoms with Crippen LogP contribution >= 0.6 is 17.0 Å². The van der Waals surface area contributed by atoms with Gasteiger partial charge < -0.3 is 0 Å². The average Bonchev–Trinajstić information content (AvgIpc) is 3.19. The van der Waals surface area contributed by atoms with Crippen molar-refractivity contribution in [2.24, 2.45) is 0 Å². The van der Waals surface area contributed by atoms with E-state index in [9.17, 15) is 0 Å². The Balaban J connectivity index is 0.000000196. The Morgan fingerprint density at radius 3 is 1.45 bits per heavy atom. The largest absolute Gasteiger partial charge is 0.199 e. The van der Waals surface area contributed by atoms with Crippen molar-refractivity contribution < 1.29 is 18.0 Å². The van der Waals surface area contributed by atoms with E-state index in [2.05, 4.69) is 69.4 Å². The second kappa shape index (κ2) is 15.5. The normalized spacial score (nSPS) is 8.97. The number of halogens is 2. The molecule has 4 aromatic carbocycles. The Kier molecular flexibility index (Phi) is 13.8. The molecule has 0 aliphatic heterocycles. The first kappa shape index (κ1) is 25.7. The van der Waals surface area contributed by atoms with E-state index < -0.39 is 18.0 Å². The van der Waals surface area contributed by atoms with Crippen LogP contribution < -0.4 is 0 Å². The summed E-state index contributed by atoms with van der Waals surface area (Å²) >= 11 is -1.65. The van der Waals surface area contributed by atoms with Crippen LogP contribution in [0.1, 0.15) is 11.1 Å². The Bertz CT molecular complexity index is 878. The van der Waals surface area contributed by atoms with Gasteiger partial charge in [-0.25, -0.2) is 0 Å². The molecule has 0 atom stereocenters. The zero-order chi connectivity index (χ0) is 21.5. The zero-order valence-corrected chi connectivity index (χ0v) is 22.0. The molecule has 0 spiro atoms. The third kappa shape index (κ3) is 12.8. The van der Waals surface area contributed by atoms with Crippen LogP contribution in [0.2, 0.25) is 13.1 Å². The SMILES string of the molecule is C[Si](C)=[Zr]([Cl])[Cl].[CH2-]c1ccccc1.[CH2-]c1ccccc1.c1ccc2[cH-]ccc2c1. The van der Waals surface area contributed by atoms with Crippen molar-refractivity contribution in [1.29, 1.82) is 0 Å². The maximum absolute atomic E-state index is 5.62. The molecule has 4 rings (SSSR count). The topological polar surface area (TPSA) is 0 Å². The van der Waals surface area contributed by atoms with Gasteiger partial charge in [-0.2, -0.15) is 66.8 Å². The molecule has 0 fully saturated rings. The molecule has 0 amide bonds. The van der Waals surface area contributed by atoms with Gasteiger partial charge in [0.25, 0.3) is 0 Å². The fourth-order valence-electron chi connectivity index (χ4n) is 2.03. The zero-order valence-electron chi connectivity index (χ0n) is 17.0. The van der Waals surface area contributed by atoms with E-state index in [-0.39, 0.29) is 5.43 Å². The van der Waals surface area contributed by atoms with Crippen molar-refractivity contribution in [3.8, 4) is 0 Å². The van der Waals surface area contributed by atoms with E-state index in [1.54, 1.807) is 0 Å². The fourth-order valence-corrected chi connectivity index (χ4v) is 2.03. The molecular formula is C25H27Cl2SiZr-3. The van der Waals surface area contributed by atoms with Crippen LogP contribution in [0.3, 0.4) is 0 Å². The third-order valence-electron chi connectivity index (χ3n) is 3.61. The third-order valence-corrected chi connectivity index (χ3v) is 23.4. The van der Waals surface area contributed by atoms with Gasteiger partial charge in [0.15, 0.2) is 0 Å². The summed E-state index contributed by atoms with van der Waals surface area (Å²) in [6.07, 6.45) is 0. The first-order chi connectivity index (χ1) is 13.9. The van der Waals surface area contributed by atoms with E-state index in [4.69, 9.17) is 17.0 Å². The van der Waals surface area contributed by atoms with Gasteiger partial charge in [-0.3, -0.25) is 0 Å². The van der Waals surface area contributed by atoms with E-state index in [1.165, 1.54) is 10.8 Å². The van der Waals surface area contributed by atoms with E-state index >= 15 is 0 Å². The van der Waals surface area contributed by atoms with Gasteiger partial charge in [0, 0.05) is 0 Å². The molecule has 0 nitrogen and oxygen atoms in total. The predicted molar refractivity (Wildman–Crippen MR) is 131 cm³/mol. The van der Waals surface area contributed by atoms with Gasteiger partial charge in [-0.1, -0.05) is 18.2 Å². The fraction of sp³-hybridized carbons (Fsp3) is 0.0800. The van der Waals surface area contributed by atoms with Gasteiger partial charge in [0.1, 0.15) is 0 Å². The number of fused-ring (bicyclic) bond motifs is 1. The minimum absolute atomic E-state index is 0.224. The van der Waals surface area contributed by atoms with E-state index in [0.717, 1.165) is 11.1 Å². The standard InChI is InChI=1S/C9H7.2C7H7.C2H6Si.2ClH.Zr/c1-2-5-9-7-3-6-8(9)4-1;2*1-7-5-3-2-4-6-7;1-3-2;;;/h1-7H;2*2-6H,1H2;1-2H3;2*1H;/q3*-1;;;;+2/p-2. The summed E-state index contributed by atoms with van der Waals surface area (Å²) in [7, 11) is 11.2. The molecule has 0 aliphatic carbocycles. The smallest absolute Gasteiger partial charge is 0.0809 e. The van der Waals surface area contributed by atoms with Crippen molar-refractivity contribution in [3.05, 3.63) is 128 Å². The molecule has 0 bridgehead atoms. The number of hydrogen-bond donors (Lipinski definition) is 0. The van der Waals surface area contributed by atoms with Crippen molar-refractivity contribution in [1.82, 2.24) is 0 Å². The van der Waals surface area contributed by atoms with Crippen LogP contribution in [0.4, 0.5) is 0 Å². The molecule has 0 heterocycles. The first-order valence-electron chi connectivity index (χ1n) is 9.23. The van der Waals surface area contributed by atoms with Crippen molar-refractivity contribution in [2.45, 2.75) is 13.1 Å². The second-order valence-electron chi connectivity index (χ2n) is 6.39. The van der Waals surface area contributed by atoms with Crippen LogP contribution in [0.5, 0.6) is 0 Å². The number of hydrogen-bond acceptors (Lipinski definition) is 0. The first-order valence-corrected chi connectivity index (χ1v) is 21.7. The van der Waals surface area contributed by atoms with E-state index in [1.807, 2.05) is 60.7 Å². The molecule has 0 radical (unpaired) electrons. The summed E-state index contributed by atoms with van der Waals surface area (Å²) in [5.41, 5.74) is 1.92. The maximum atomic E-state index is 5.62. The van der Waals surface area contributed by atoms with Crippen LogP contribution in [0.15, 0.2) is 103 Å². The summed E-state index contributed by atoms with van der Waals surface area (Å²) < 4.78 is 0. The minimum Gasteiger partial charge on any atom is -0.199 e. The van der Waals surface area contributed by atoms with Crippen molar-refractivity contribution in [2.75, 3.05) is 0 Å². The van der Waals surface area contributed by atoms with Crippen molar-refractivity contribution >= 4 is 33.2 Å². The van der Waals surface area contributed by atoms with Gasteiger partial charge in [0.05, 0.1) is 0 Å². The van der Waals surface area contributed by atoms with Crippen LogP contribution in [0.25, 0.3) is 10.8 Å². The Labute approximate surface area is 191 Å². The summed E-state index contributed by atoms with van der Waals surface area (Å²) in [5, 5.41) is 2.66. The maximum Gasteiger partial charge on any atom is -0.0809 e. The molecule has 0 saturated heterocycles. The molecule has 0 saturated carbocycles. The summed E-state index contributed by atoms with van der Waals surface area (Å²) in [4.78, 5) is 0. The number of rotatable bonds is 0. The molecule has 29 heavy (non-hydrogen) atoms. The van der Waals surface area contributed by atoms with E-state index in [0.29, 0.717) is 0 Å². The van der Waals surface area contributed by atoms with Gasteiger partial charge in [0.2, 0.25) is 0 Å². The second-order valence-corrected chi connectivity index (χ2v) is 29.4. The molecule has 0 N–H and O–H groups in total. The summed E-state index contributed by atoms with van der Waals surface area (Å²) in [6, 6.07) is 34.4. The molecule has 4 aromatic rings. The van der Waals surface area contributed by atoms with Crippen LogP contribution in [0, 0.1) is 13.8 Å². The number of benzene rings is 3. The quantitative estimate of drug-likeness (QED) is 0.162. The van der Waals surface area contributed by atoms with Crippen LogP contribution in [-0.4, -0.2) is 5.43 Å². The molecular weight excluding hydrogens is 490 g/mol. The van der Waals surface area contributed by atoms with Crippen molar-refractivity contribution in [3.63, 3.8) is 0 Å².